The van der Waals surface area contributed by atoms with E-state index in [1.807, 2.05) is 27.7 Å². The molecule has 0 aliphatic rings. The lowest BCUT2D eigenvalue weighted by atomic mass is 9.91. The summed E-state index contributed by atoms with van der Waals surface area (Å²) in [6.07, 6.45) is 10.9. The van der Waals surface area contributed by atoms with Crippen molar-refractivity contribution in [3.63, 3.8) is 0 Å². The summed E-state index contributed by atoms with van der Waals surface area (Å²) in [7, 11) is 4.67. The largest absolute Gasteiger partial charge is 0.487 e. The number of carbonyl (C=O) groups is 3. The van der Waals surface area contributed by atoms with Crippen molar-refractivity contribution in [1.82, 2.24) is 29.7 Å². The van der Waals surface area contributed by atoms with E-state index in [1.165, 1.54) is 18.2 Å². The Morgan fingerprint density at radius 3 is 1.26 bits per heavy atom. The first kappa shape index (κ1) is 54.9. The smallest absolute Gasteiger partial charge is 0.271 e. The number of unbranched alkanes of at least 4 members (excludes halogenated alkanes) is 3. The van der Waals surface area contributed by atoms with Gasteiger partial charge in [-0.1, -0.05) is 47.0 Å². The van der Waals surface area contributed by atoms with E-state index in [0.29, 0.717) is 78.0 Å². The van der Waals surface area contributed by atoms with Gasteiger partial charge in [0.15, 0.2) is 34.3 Å². The van der Waals surface area contributed by atoms with Gasteiger partial charge in [0.1, 0.15) is 0 Å². The van der Waals surface area contributed by atoms with E-state index in [-0.39, 0.29) is 85.6 Å². The molecule has 0 aliphatic carbocycles. The summed E-state index contributed by atoms with van der Waals surface area (Å²) in [5, 5.41) is 9.02. The molecule has 368 valence electrons. The highest BCUT2D eigenvalue weighted by molar-refractivity contribution is 5.96. The molecule has 3 rings (SSSR count). The Morgan fingerprint density at radius 1 is 0.530 bits per heavy atom. The van der Waals surface area contributed by atoms with E-state index in [2.05, 4.69) is 16.0 Å². The molecule has 2 atom stereocenters. The molecule has 3 amide bonds. The minimum atomic E-state index is -0.489. The van der Waals surface area contributed by atoms with Crippen molar-refractivity contribution in [2.45, 2.75) is 105 Å². The lowest BCUT2D eigenvalue weighted by Gasteiger charge is -2.24. The highest BCUT2D eigenvalue weighted by Crippen LogP contribution is 2.21. The second-order valence-electron chi connectivity index (χ2n) is 16.3. The number of methoxy groups -OCH3 is 3. The normalized spacial score (nSPS) is 12.0. The molecule has 0 saturated heterocycles. The second kappa shape index (κ2) is 30.7. The molecule has 0 fully saturated rings. The number of rotatable bonds is 34. The van der Waals surface area contributed by atoms with E-state index >= 15 is 0 Å². The Bertz CT molecular complexity index is 2130. The fourth-order valence-corrected chi connectivity index (χ4v) is 7.17. The van der Waals surface area contributed by atoms with Crippen LogP contribution in [-0.2, 0) is 33.8 Å². The van der Waals surface area contributed by atoms with Gasteiger partial charge in [-0.15, -0.1) is 0 Å². The topological polar surface area (TPSA) is 209 Å². The van der Waals surface area contributed by atoms with Gasteiger partial charge in [-0.2, -0.15) is 0 Å². The summed E-state index contributed by atoms with van der Waals surface area (Å²) < 4.78 is 38.4. The number of pyridine rings is 3. The lowest BCUT2D eigenvalue weighted by molar-refractivity contribution is 0.0922. The van der Waals surface area contributed by atoms with Gasteiger partial charge in [-0.05, 0) is 50.4 Å². The number of nitrogens with zero attached hydrogens (tertiary/aromatic N) is 3. The molecule has 3 N–H and O–H groups in total. The summed E-state index contributed by atoms with van der Waals surface area (Å²) in [4.78, 5) is 80.8. The maximum Gasteiger partial charge on any atom is 0.271 e. The SMILES string of the molecule is CCCCOc1c(C(=O)NCCCC(CNC(=O)c2c(OCCCC)c(=O)ccn2CCOC)CC(C)CNC(=O)c2c(OCCCC)c(=O)ccn2CCOC)n(CCOC)ccc1=O. The molecule has 0 aliphatic heterocycles. The van der Waals surface area contributed by atoms with Crippen LogP contribution in [0.15, 0.2) is 51.2 Å². The van der Waals surface area contributed by atoms with Crippen molar-refractivity contribution in [3.8, 4) is 17.2 Å². The molecule has 0 radical (unpaired) electrons. The minimum absolute atomic E-state index is 0.00946. The fraction of sp³-hybridized carbons (Fsp3) is 0.625. The van der Waals surface area contributed by atoms with Crippen molar-refractivity contribution in [2.24, 2.45) is 11.8 Å². The molecule has 0 bridgehead atoms. The highest BCUT2D eigenvalue weighted by atomic mass is 16.5. The van der Waals surface area contributed by atoms with Crippen LogP contribution in [0.25, 0.3) is 0 Å². The maximum atomic E-state index is 14.1. The van der Waals surface area contributed by atoms with Crippen LogP contribution in [0.1, 0.15) is 117 Å². The molecule has 0 saturated carbocycles. The average Bonchev–Trinajstić information content (AvgIpc) is 3.31. The Hall–Kier alpha value is -5.46. The van der Waals surface area contributed by atoms with E-state index in [9.17, 15) is 28.8 Å². The monoisotopic (exact) mass is 927 g/mol. The van der Waals surface area contributed by atoms with Crippen LogP contribution >= 0.6 is 0 Å². The molecule has 2 unspecified atom stereocenters. The predicted molar refractivity (Wildman–Crippen MR) is 252 cm³/mol. The molecule has 3 aromatic heterocycles. The summed E-state index contributed by atoms with van der Waals surface area (Å²) in [5.74, 6) is -1.76. The number of carbonyl (C=O) groups excluding carboxylic acids is 3. The van der Waals surface area contributed by atoms with Crippen LogP contribution in [0.5, 0.6) is 17.2 Å². The second-order valence-corrected chi connectivity index (χ2v) is 16.3. The van der Waals surface area contributed by atoms with Gasteiger partial charge in [0.25, 0.3) is 17.7 Å². The van der Waals surface area contributed by atoms with Gasteiger partial charge < -0.3 is 58.1 Å². The van der Waals surface area contributed by atoms with Gasteiger partial charge in [0.05, 0.1) is 39.6 Å². The number of nitrogens with one attached hydrogen (secondary N) is 3. The van der Waals surface area contributed by atoms with Crippen LogP contribution in [0.3, 0.4) is 0 Å². The first-order chi connectivity index (χ1) is 31.9. The van der Waals surface area contributed by atoms with Gasteiger partial charge in [-0.3, -0.25) is 28.8 Å². The number of hydrogen-bond donors (Lipinski definition) is 3. The Labute approximate surface area is 388 Å². The molecule has 3 aromatic rings. The van der Waals surface area contributed by atoms with Crippen LogP contribution in [0, 0.1) is 11.8 Å². The van der Waals surface area contributed by atoms with Crippen molar-refractivity contribution >= 4 is 17.7 Å². The summed E-state index contributed by atoms with van der Waals surface area (Å²) in [5.41, 5.74) is -0.855. The minimum Gasteiger partial charge on any atom is -0.487 e. The van der Waals surface area contributed by atoms with E-state index < -0.39 is 34.0 Å². The van der Waals surface area contributed by atoms with E-state index in [0.717, 1.165) is 19.3 Å². The van der Waals surface area contributed by atoms with Gasteiger partial charge in [-0.25, -0.2) is 0 Å². The third-order valence-electron chi connectivity index (χ3n) is 10.9. The van der Waals surface area contributed by atoms with Gasteiger partial charge in [0.2, 0.25) is 16.3 Å². The van der Waals surface area contributed by atoms with E-state index in [4.69, 9.17) is 28.4 Å². The zero-order chi connectivity index (χ0) is 48.3. The number of amides is 3. The Kier molecular flexibility index (Phi) is 25.5. The van der Waals surface area contributed by atoms with Crippen molar-refractivity contribution < 1.29 is 42.8 Å². The van der Waals surface area contributed by atoms with E-state index in [1.54, 1.807) is 53.6 Å². The molecular weight excluding hydrogens is 853 g/mol. The third kappa shape index (κ3) is 17.4. The number of hydrogen-bond acceptors (Lipinski definition) is 12. The molecular formula is C48H74N6O12. The number of ether oxygens (including phenoxy) is 6. The van der Waals surface area contributed by atoms with Crippen LogP contribution in [-0.4, -0.2) is 112 Å². The quantitative estimate of drug-likeness (QED) is 0.0700. The van der Waals surface area contributed by atoms with Gasteiger partial charge in [0, 0.05) is 97.4 Å². The standard InChI is InChI=1S/C48H74N6O12/c1-8-11-26-64-43-37(55)16-20-52(23-29-61-5)40(43)46(58)49-19-14-15-36(34-51-48(60)42-45(66-28-13-10-3)39(57)18-22-54(42)25-31-63-7)32-35(4)33-50-47(59)41-44(65-27-12-9-2)38(56)17-21-53(41)24-30-62-6/h16-18,20-22,35-36H,8-15,19,23-34H2,1-7H3,(H,49,58)(H,50,59)(H,51,60). The first-order valence-electron chi connectivity index (χ1n) is 23.4. The molecule has 18 heteroatoms. The summed E-state index contributed by atoms with van der Waals surface area (Å²) in [6.45, 7) is 11.4. The average molecular weight is 927 g/mol. The molecule has 18 nitrogen and oxygen atoms in total. The first-order valence-corrected chi connectivity index (χ1v) is 23.4. The molecule has 0 aromatic carbocycles. The highest BCUT2D eigenvalue weighted by Gasteiger charge is 2.25. The molecule has 3 heterocycles. The Morgan fingerprint density at radius 2 is 0.894 bits per heavy atom. The van der Waals surface area contributed by atoms with Crippen LogP contribution < -0.4 is 46.4 Å². The zero-order valence-electron chi connectivity index (χ0n) is 40.2. The molecule has 0 spiro atoms. The van der Waals surface area contributed by atoms with Crippen molar-refractivity contribution in [1.29, 1.82) is 0 Å². The summed E-state index contributed by atoms with van der Waals surface area (Å²) >= 11 is 0. The van der Waals surface area contributed by atoms with Gasteiger partial charge >= 0.3 is 0 Å². The predicted octanol–water partition coefficient (Wildman–Crippen LogP) is 4.66. The maximum absolute atomic E-state index is 14.1. The van der Waals surface area contributed by atoms with Crippen LogP contribution in [0.4, 0.5) is 0 Å². The third-order valence-corrected chi connectivity index (χ3v) is 10.9. The lowest BCUT2D eigenvalue weighted by Crippen LogP contribution is -2.36. The Balaban J connectivity index is 1.88. The zero-order valence-corrected chi connectivity index (χ0v) is 40.2. The fourth-order valence-electron chi connectivity index (χ4n) is 7.17. The summed E-state index contributed by atoms with van der Waals surface area (Å²) in [6, 6.07) is 4.13. The molecule has 66 heavy (non-hydrogen) atoms. The van der Waals surface area contributed by atoms with Crippen molar-refractivity contribution in [2.75, 3.05) is 80.6 Å². The number of aromatic nitrogens is 3. The van der Waals surface area contributed by atoms with Crippen LogP contribution in [0.2, 0.25) is 0 Å². The van der Waals surface area contributed by atoms with Crippen molar-refractivity contribution in [3.05, 3.63) is 84.5 Å².